The highest BCUT2D eigenvalue weighted by atomic mass is 32.2. The number of imidazole rings is 1. The van der Waals surface area contributed by atoms with Gasteiger partial charge in [-0.05, 0) is 55.5 Å². The number of amides is 1. The number of nitrogens with one attached hydrogen (secondary N) is 3. The zero-order valence-electron chi connectivity index (χ0n) is 16.2. The molecule has 1 aromatic heterocycles. The van der Waals surface area contributed by atoms with Gasteiger partial charge < -0.3 is 10.3 Å². The summed E-state index contributed by atoms with van der Waals surface area (Å²) >= 11 is 0. The quantitative estimate of drug-likeness (QED) is 0.443. The number of fused-ring (bicyclic) bond motifs is 1. The van der Waals surface area contributed by atoms with Crippen molar-refractivity contribution in [1.29, 1.82) is 0 Å². The number of para-hydroxylation sites is 2. The average molecular weight is 420 g/mol. The Balaban J connectivity index is 1.41. The van der Waals surface area contributed by atoms with Gasteiger partial charge in [0.15, 0.2) is 0 Å². The van der Waals surface area contributed by atoms with Crippen LogP contribution in [0.5, 0.6) is 0 Å². The fourth-order valence-corrected chi connectivity index (χ4v) is 4.04. The second kappa shape index (κ2) is 8.00. The van der Waals surface area contributed by atoms with Crippen molar-refractivity contribution in [2.45, 2.75) is 18.4 Å². The third-order valence-electron chi connectivity index (χ3n) is 4.59. The van der Waals surface area contributed by atoms with E-state index in [9.17, 15) is 13.2 Å². The van der Waals surface area contributed by atoms with Crippen molar-refractivity contribution in [3.05, 3.63) is 89.7 Å². The van der Waals surface area contributed by atoms with E-state index in [0.29, 0.717) is 17.1 Å². The minimum absolute atomic E-state index is 0.0805. The second-order valence-electron chi connectivity index (χ2n) is 6.88. The lowest BCUT2D eigenvalue weighted by Gasteiger charge is -2.09. The molecule has 0 spiro atoms. The Hall–Kier alpha value is -3.65. The maximum absolute atomic E-state index is 12.5. The summed E-state index contributed by atoms with van der Waals surface area (Å²) in [5.74, 6) is 0.331. The van der Waals surface area contributed by atoms with E-state index in [4.69, 9.17) is 0 Å². The van der Waals surface area contributed by atoms with Crippen LogP contribution in [0.3, 0.4) is 0 Å². The van der Waals surface area contributed by atoms with Gasteiger partial charge in [-0.3, -0.25) is 9.52 Å². The first-order valence-corrected chi connectivity index (χ1v) is 10.8. The van der Waals surface area contributed by atoms with Gasteiger partial charge in [0.05, 0.1) is 22.5 Å². The van der Waals surface area contributed by atoms with Gasteiger partial charge in [-0.2, -0.15) is 0 Å². The van der Waals surface area contributed by atoms with E-state index in [1.165, 1.54) is 24.3 Å². The molecule has 0 aliphatic heterocycles. The number of hydrogen-bond acceptors (Lipinski definition) is 4. The third-order valence-corrected chi connectivity index (χ3v) is 5.98. The lowest BCUT2D eigenvalue weighted by Crippen LogP contribution is -2.23. The summed E-state index contributed by atoms with van der Waals surface area (Å²) in [5, 5.41) is 2.78. The number of aromatic nitrogens is 2. The molecule has 1 amide bonds. The van der Waals surface area contributed by atoms with Gasteiger partial charge in [0.2, 0.25) is 0 Å². The third kappa shape index (κ3) is 4.33. The van der Waals surface area contributed by atoms with Gasteiger partial charge in [-0.15, -0.1) is 0 Å². The highest BCUT2D eigenvalue weighted by molar-refractivity contribution is 7.92. The largest absolute Gasteiger partial charge is 0.345 e. The fraction of sp³-hybridized carbons (Fsp3) is 0.0909. The highest BCUT2D eigenvalue weighted by Gasteiger charge is 2.15. The van der Waals surface area contributed by atoms with Gasteiger partial charge in [0, 0.05) is 11.3 Å². The predicted molar refractivity (Wildman–Crippen MR) is 116 cm³/mol. The smallest absolute Gasteiger partial charge is 0.261 e. The number of nitrogens with zero attached hydrogens (tertiary/aromatic N) is 1. The number of sulfonamides is 1. The molecule has 4 aromatic rings. The minimum Gasteiger partial charge on any atom is -0.345 e. The zero-order chi connectivity index (χ0) is 21.1. The van der Waals surface area contributed by atoms with Crippen LogP contribution in [0, 0.1) is 6.92 Å². The fourth-order valence-electron chi connectivity index (χ4n) is 2.98. The van der Waals surface area contributed by atoms with E-state index in [2.05, 4.69) is 20.0 Å². The molecule has 1 heterocycles. The van der Waals surface area contributed by atoms with Crippen molar-refractivity contribution in [2.24, 2.45) is 0 Å². The van der Waals surface area contributed by atoms with Crippen LogP contribution in [0.4, 0.5) is 5.69 Å². The van der Waals surface area contributed by atoms with E-state index < -0.39 is 10.0 Å². The van der Waals surface area contributed by atoms with Crippen molar-refractivity contribution in [3.8, 4) is 0 Å². The van der Waals surface area contributed by atoms with E-state index in [1.54, 1.807) is 12.1 Å². The number of benzene rings is 3. The van der Waals surface area contributed by atoms with Gasteiger partial charge in [-0.1, -0.05) is 29.8 Å². The molecule has 7 nitrogen and oxygen atoms in total. The molecule has 0 unspecified atom stereocenters. The highest BCUT2D eigenvalue weighted by Crippen LogP contribution is 2.17. The van der Waals surface area contributed by atoms with Crippen molar-refractivity contribution >= 4 is 32.7 Å². The van der Waals surface area contributed by atoms with Crippen molar-refractivity contribution < 1.29 is 13.2 Å². The maximum atomic E-state index is 12.5. The molecular weight excluding hydrogens is 400 g/mol. The monoisotopic (exact) mass is 420 g/mol. The topological polar surface area (TPSA) is 104 Å². The molecule has 30 heavy (non-hydrogen) atoms. The van der Waals surface area contributed by atoms with Gasteiger partial charge in [-0.25, -0.2) is 13.4 Å². The number of hydrogen-bond donors (Lipinski definition) is 3. The molecule has 0 atom stereocenters. The van der Waals surface area contributed by atoms with Crippen molar-refractivity contribution in [2.75, 3.05) is 4.72 Å². The Morgan fingerprint density at radius 3 is 2.37 bits per heavy atom. The Bertz CT molecular complexity index is 1260. The minimum atomic E-state index is -3.74. The molecule has 0 bridgehead atoms. The first-order chi connectivity index (χ1) is 14.4. The first kappa shape index (κ1) is 19.7. The SMILES string of the molecule is Cc1ccc(NS(=O)(=O)c2ccc(C(=O)NCc3nc4ccccc4[nH]3)cc2)cc1. The zero-order valence-corrected chi connectivity index (χ0v) is 17.0. The summed E-state index contributed by atoms with van der Waals surface area (Å²) in [7, 11) is -3.74. The predicted octanol–water partition coefficient (Wildman–Crippen LogP) is 3.60. The van der Waals surface area contributed by atoms with Crippen LogP contribution < -0.4 is 10.0 Å². The van der Waals surface area contributed by atoms with Gasteiger partial charge >= 0.3 is 0 Å². The van der Waals surface area contributed by atoms with Crippen LogP contribution in [0.15, 0.2) is 77.7 Å². The number of H-pyrrole nitrogens is 1. The number of anilines is 1. The summed E-state index contributed by atoms with van der Waals surface area (Å²) in [6.07, 6.45) is 0. The molecule has 4 rings (SSSR count). The Labute approximate surface area is 174 Å². The van der Waals surface area contributed by atoms with Crippen LogP contribution in [0.2, 0.25) is 0 Å². The molecular formula is C22H20N4O3S. The van der Waals surface area contributed by atoms with Crippen molar-refractivity contribution in [3.63, 3.8) is 0 Å². The van der Waals surface area contributed by atoms with E-state index in [1.807, 2.05) is 43.3 Å². The number of rotatable bonds is 6. The van der Waals surface area contributed by atoms with Crippen LogP contribution in [0.25, 0.3) is 11.0 Å². The molecule has 0 saturated heterocycles. The van der Waals surface area contributed by atoms with Crippen LogP contribution in [0.1, 0.15) is 21.7 Å². The summed E-state index contributed by atoms with van der Waals surface area (Å²) in [6, 6.07) is 20.5. The molecule has 8 heteroatoms. The standard InChI is InChI=1S/C22H20N4O3S/c1-15-6-10-17(11-7-15)26-30(28,29)18-12-8-16(9-13-18)22(27)23-14-21-24-19-4-2-3-5-20(19)25-21/h2-13,26H,14H2,1H3,(H,23,27)(H,24,25). The molecule has 0 saturated carbocycles. The first-order valence-electron chi connectivity index (χ1n) is 9.32. The molecule has 152 valence electrons. The second-order valence-corrected chi connectivity index (χ2v) is 8.56. The molecule has 3 aromatic carbocycles. The molecule has 3 N–H and O–H groups in total. The normalized spacial score (nSPS) is 11.4. The van der Waals surface area contributed by atoms with E-state index >= 15 is 0 Å². The van der Waals surface area contributed by atoms with Gasteiger partial charge in [0.25, 0.3) is 15.9 Å². The lowest BCUT2D eigenvalue weighted by atomic mass is 10.2. The Morgan fingerprint density at radius 2 is 1.67 bits per heavy atom. The Kier molecular flexibility index (Phi) is 5.24. The average Bonchev–Trinajstić information content (AvgIpc) is 3.17. The summed E-state index contributed by atoms with van der Waals surface area (Å²) in [4.78, 5) is 20.0. The van der Waals surface area contributed by atoms with Crippen LogP contribution in [-0.4, -0.2) is 24.3 Å². The maximum Gasteiger partial charge on any atom is 0.261 e. The summed E-state index contributed by atoms with van der Waals surface area (Å²) in [5.41, 5.74) is 3.61. The number of aromatic amines is 1. The van der Waals surface area contributed by atoms with E-state index in [-0.39, 0.29) is 17.3 Å². The van der Waals surface area contributed by atoms with E-state index in [0.717, 1.165) is 16.6 Å². The summed E-state index contributed by atoms with van der Waals surface area (Å²) in [6.45, 7) is 2.17. The molecule has 0 aliphatic rings. The van der Waals surface area contributed by atoms with Crippen LogP contribution in [-0.2, 0) is 16.6 Å². The number of carbonyl (C=O) groups excluding carboxylic acids is 1. The summed E-state index contributed by atoms with van der Waals surface area (Å²) < 4.78 is 27.6. The molecule has 0 radical (unpaired) electrons. The van der Waals surface area contributed by atoms with Crippen LogP contribution >= 0.6 is 0 Å². The molecule has 0 aliphatic carbocycles. The lowest BCUT2D eigenvalue weighted by molar-refractivity contribution is 0.0950. The molecule has 0 fully saturated rings. The van der Waals surface area contributed by atoms with Gasteiger partial charge in [0.1, 0.15) is 5.82 Å². The number of aryl methyl sites for hydroxylation is 1. The Morgan fingerprint density at radius 1 is 0.967 bits per heavy atom. The number of carbonyl (C=O) groups is 1. The van der Waals surface area contributed by atoms with Crippen molar-refractivity contribution in [1.82, 2.24) is 15.3 Å².